The minimum absolute atomic E-state index is 0.239. The Morgan fingerprint density at radius 2 is 1.89 bits per heavy atom. The van der Waals surface area contributed by atoms with Crippen molar-refractivity contribution in [1.82, 2.24) is 9.55 Å². The molecular weight excluding hydrogens is 581 g/mol. The summed E-state index contributed by atoms with van der Waals surface area (Å²) in [5, 5.41) is 13.8. The van der Waals surface area contributed by atoms with Gasteiger partial charge in [0.25, 0.3) is 5.56 Å². The standard InChI is InChI=1S/C33H34FN5O4S/c1-37-17-20(13-26(33(37)42)36-31-6-5-22(16-35-31)38-9-11-43-12-10-38)24-14-21(34)15-27(25(24)19-40)39-8-7-23-30(18-39)44-29-4-2-3-28(41)32(23)29/h5-6,13-17,40H,2-4,7-12,18-19H2,1H3,(H,35,36). The van der Waals surface area contributed by atoms with Crippen molar-refractivity contribution in [2.45, 2.75) is 38.8 Å². The van der Waals surface area contributed by atoms with Gasteiger partial charge < -0.3 is 29.5 Å². The first-order valence-corrected chi connectivity index (χ1v) is 15.8. The number of rotatable bonds is 6. The van der Waals surface area contributed by atoms with Crippen LogP contribution in [-0.2, 0) is 37.8 Å². The lowest BCUT2D eigenvalue weighted by Crippen LogP contribution is -2.36. The van der Waals surface area contributed by atoms with Gasteiger partial charge in [0.15, 0.2) is 5.78 Å². The third-order valence-electron chi connectivity index (χ3n) is 8.79. The Labute approximate surface area is 258 Å². The monoisotopic (exact) mass is 615 g/mol. The van der Waals surface area contributed by atoms with Gasteiger partial charge >= 0.3 is 0 Å². The molecule has 1 aliphatic carbocycles. The van der Waals surface area contributed by atoms with Crippen LogP contribution in [0.25, 0.3) is 11.1 Å². The van der Waals surface area contributed by atoms with Crippen LogP contribution in [0.3, 0.4) is 0 Å². The lowest BCUT2D eigenvalue weighted by molar-refractivity contribution is 0.0972. The van der Waals surface area contributed by atoms with Gasteiger partial charge in [0.05, 0.1) is 38.2 Å². The van der Waals surface area contributed by atoms with Crippen LogP contribution in [0.1, 0.15) is 44.1 Å². The van der Waals surface area contributed by atoms with Gasteiger partial charge in [0, 0.05) is 71.4 Å². The molecule has 2 aliphatic heterocycles. The third-order valence-corrected chi connectivity index (χ3v) is 10.1. The predicted molar refractivity (Wildman–Crippen MR) is 170 cm³/mol. The topological polar surface area (TPSA) is 99.9 Å². The number of Topliss-reactive ketones (excluding diaryl/α,β-unsaturated/α-hetero) is 1. The quantitative estimate of drug-likeness (QED) is 0.319. The van der Waals surface area contributed by atoms with Crippen molar-refractivity contribution < 1.29 is 19.0 Å². The van der Waals surface area contributed by atoms with Crippen molar-refractivity contribution in [3.8, 4) is 11.1 Å². The van der Waals surface area contributed by atoms with Crippen LogP contribution >= 0.6 is 11.3 Å². The summed E-state index contributed by atoms with van der Waals surface area (Å²) < 4.78 is 22.2. The molecule has 0 radical (unpaired) electrons. The zero-order valence-corrected chi connectivity index (χ0v) is 25.4. The molecule has 11 heteroatoms. The molecular formula is C33H34FN5O4S. The lowest BCUT2D eigenvalue weighted by Gasteiger charge is -2.32. The van der Waals surface area contributed by atoms with E-state index in [2.05, 4.69) is 20.1 Å². The molecule has 7 rings (SSSR count). The van der Waals surface area contributed by atoms with Crippen LogP contribution in [0.4, 0.5) is 27.3 Å². The van der Waals surface area contributed by atoms with Gasteiger partial charge in [-0.1, -0.05) is 0 Å². The van der Waals surface area contributed by atoms with Crippen LogP contribution in [0.2, 0.25) is 0 Å². The van der Waals surface area contributed by atoms with Crippen LogP contribution in [0.15, 0.2) is 47.5 Å². The fraction of sp³-hybridized carbons (Fsp3) is 0.364. The first-order chi connectivity index (χ1) is 21.4. The van der Waals surface area contributed by atoms with Gasteiger partial charge in [-0.15, -0.1) is 11.3 Å². The number of aliphatic hydroxyl groups excluding tert-OH is 1. The van der Waals surface area contributed by atoms with E-state index in [9.17, 15) is 14.7 Å². The fourth-order valence-corrected chi connectivity index (χ4v) is 8.01. The fourth-order valence-electron chi connectivity index (χ4n) is 6.58. The number of morpholine rings is 1. The van der Waals surface area contributed by atoms with Gasteiger partial charge in [-0.2, -0.15) is 0 Å². The number of benzene rings is 1. The highest BCUT2D eigenvalue weighted by atomic mass is 32.1. The van der Waals surface area contributed by atoms with E-state index in [1.807, 2.05) is 12.1 Å². The summed E-state index contributed by atoms with van der Waals surface area (Å²) in [4.78, 5) is 36.9. The number of fused-ring (bicyclic) bond motifs is 3. The molecule has 1 saturated heterocycles. The number of thiophene rings is 1. The van der Waals surface area contributed by atoms with Crippen molar-refractivity contribution in [3.05, 3.63) is 85.3 Å². The van der Waals surface area contributed by atoms with E-state index in [0.29, 0.717) is 73.0 Å². The number of carbonyl (C=O) groups is 1. The highest BCUT2D eigenvalue weighted by molar-refractivity contribution is 7.12. The van der Waals surface area contributed by atoms with E-state index < -0.39 is 5.82 Å². The normalized spacial score (nSPS) is 16.6. The second-order valence-electron chi connectivity index (χ2n) is 11.5. The summed E-state index contributed by atoms with van der Waals surface area (Å²) in [7, 11) is 1.65. The Morgan fingerprint density at radius 3 is 2.66 bits per heavy atom. The van der Waals surface area contributed by atoms with E-state index in [1.54, 1.807) is 36.8 Å². The third kappa shape index (κ3) is 5.29. The minimum atomic E-state index is -0.428. The summed E-state index contributed by atoms with van der Waals surface area (Å²) in [5.74, 6) is 0.325. The molecule has 44 heavy (non-hydrogen) atoms. The maximum atomic E-state index is 15.3. The molecule has 0 amide bonds. The smallest absolute Gasteiger partial charge is 0.274 e. The van der Waals surface area contributed by atoms with Crippen LogP contribution in [-0.4, -0.2) is 53.3 Å². The number of ether oxygens (including phenoxy) is 1. The number of carbonyl (C=O) groups excluding carboxylic acids is 1. The number of pyridine rings is 2. The summed E-state index contributed by atoms with van der Waals surface area (Å²) in [6, 6.07) is 8.36. The second-order valence-corrected chi connectivity index (χ2v) is 12.7. The molecule has 0 atom stereocenters. The van der Waals surface area contributed by atoms with Gasteiger partial charge in [0.2, 0.25) is 0 Å². The first kappa shape index (κ1) is 28.7. The van der Waals surface area contributed by atoms with Crippen molar-refractivity contribution in [1.29, 1.82) is 0 Å². The van der Waals surface area contributed by atoms with E-state index in [4.69, 9.17) is 4.74 Å². The average molecular weight is 616 g/mol. The molecule has 4 aromatic rings. The van der Waals surface area contributed by atoms with Crippen LogP contribution in [0.5, 0.6) is 0 Å². The summed E-state index contributed by atoms with van der Waals surface area (Å²) in [6.07, 6.45) is 6.56. The number of ketones is 1. The Hall–Kier alpha value is -4.06. The Bertz CT molecular complexity index is 1800. The summed E-state index contributed by atoms with van der Waals surface area (Å²) in [5.41, 5.74) is 5.42. The maximum Gasteiger partial charge on any atom is 0.274 e. The largest absolute Gasteiger partial charge is 0.392 e. The molecule has 3 aromatic heterocycles. The molecule has 1 fully saturated rings. The van der Waals surface area contributed by atoms with Gasteiger partial charge in [0.1, 0.15) is 17.3 Å². The Kier molecular flexibility index (Phi) is 7.69. The molecule has 5 heterocycles. The zero-order chi connectivity index (χ0) is 30.4. The van der Waals surface area contributed by atoms with Gasteiger partial charge in [-0.25, -0.2) is 9.37 Å². The Balaban J connectivity index is 1.20. The SMILES string of the molecule is Cn1cc(-c2cc(F)cc(N3CCc4c(sc5c4C(=O)CCC5)C3)c2CO)cc(Nc2ccc(N3CCOCC3)cn2)c1=O. The molecule has 3 aliphatic rings. The number of hydrogen-bond acceptors (Lipinski definition) is 9. The molecule has 2 N–H and O–H groups in total. The van der Waals surface area contributed by atoms with Crippen LogP contribution < -0.4 is 20.7 Å². The molecule has 9 nitrogen and oxygen atoms in total. The number of halogens is 1. The van der Waals surface area contributed by atoms with Gasteiger partial charge in [-0.3, -0.25) is 9.59 Å². The van der Waals surface area contributed by atoms with Crippen molar-refractivity contribution in [2.24, 2.45) is 7.05 Å². The highest BCUT2D eigenvalue weighted by Gasteiger charge is 2.31. The molecule has 228 valence electrons. The highest BCUT2D eigenvalue weighted by Crippen LogP contribution is 2.41. The number of anilines is 4. The van der Waals surface area contributed by atoms with E-state index >= 15 is 4.39 Å². The molecule has 0 bridgehead atoms. The Morgan fingerprint density at radius 1 is 1.05 bits per heavy atom. The lowest BCUT2D eigenvalue weighted by atomic mass is 9.90. The second kappa shape index (κ2) is 11.8. The number of aromatic nitrogens is 2. The number of aliphatic hydroxyl groups is 1. The van der Waals surface area contributed by atoms with Crippen molar-refractivity contribution >= 4 is 40.0 Å². The molecule has 0 saturated carbocycles. The zero-order valence-electron chi connectivity index (χ0n) is 24.6. The predicted octanol–water partition coefficient (Wildman–Crippen LogP) is 4.80. The summed E-state index contributed by atoms with van der Waals surface area (Å²) >= 11 is 1.69. The average Bonchev–Trinajstić information content (AvgIpc) is 3.42. The number of aryl methyl sites for hydroxylation is 2. The van der Waals surface area contributed by atoms with E-state index in [1.165, 1.54) is 21.6 Å². The van der Waals surface area contributed by atoms with E-state index in [0.717, 1.165) is 47.6 Å². The van der Waals surface area contributed by atoms with Crippen molar-refractivity contribution in [2.75, 3.05) is 48.0 Å². The molecule has 0 spiro atoms. The summed E-state index contributed by atoms with van der Waals surface area (Å²) in [6.45, 7) is 3.82. The molecule has 1 aromatic carbocycles. The van der Waals surface area contributed by atoms with Gasteiger partial charge in [-0.05, 0) is 60.7 Å². The maximum absolute atomic E-state index is 15.3. The van der Waals surface area contributed by atoms with Crippen molar-refractivity contribution in [3.63, 3.8) is 0 Å². The number of nitrogens with one attached hydrogen (secondary N) is 1. The molecule has 0 unspecified atom stereocenters. The number of nitrogens with zero attached hydrogens (tertiary/aromatic N) is 4. The van der Waals surface area contributed by atoms with Crippen LogP contribution in [0, 0.1) is 5.82 Å². The van der Waals surface area contributed by atoms with E-state index in [-0.39, 0.29) is 17.9 Å². The number of hydrogen-bond donors (Lipinski definition) is 2. The first-order valence-electron chi connectivity index (χ1n) is 15.0. The minimum Gasteiger partial charge on any atom is -0.392 e.